The van der Waals surface area contributed by atoms with Crippen molar-refractivity contribution in [1.82, 2.24) is 10.2 Å². The number of carbonyl (C=O) groups is 3. The second-order valence-corrected chi connectivity index (χ2v) is 4.58. The van der Waals surface area contributed by atoms with Gasteiger partial charge in [0.15, 0.2) is 0 Å². The molecule has 0 aromatic carbocycles. The fourth-order valence-corrected chi connectivity index (χ4v) is 1.96. The van der Waals surface area contributed by atoms with Gasteiger partial charge in [0.2, 0.25) is 5.91 Å². The highest BCUT2D eigenvalue weighted by Crippen LogP contribution is 2.10. The minimum absolute atomic E-state index is 0.0647. The lowest BCUT2D eigenvalue weighted by Crippen LogP contribution is -2.38. The van der Waals surface area contributed by atoms with Gasteiger partial charge >= 0.3 is 5.97 Å². The van der Waals surface area contributed by atoms with Gasteiger partial charge in [-0.05, 0) is 11.4 Å². The van der Waals surface area contributed by atoms with Crippen LogP contribution in [0.25, 0.3) is 0 Å². The molecule has 7 heteroatoms. The Morgan fingerprint density at radius 2 is 2.17 bits per heavy atom. The molecule has 2 N–H and O–H groups in total. The highest BCUT2D eigenvalue weighted by atomic mass is 32.1. The van der Waals surface area contributed by atoms with Crippen LogP contribution in [0.3, 0.4) is 0 Å². The van der Waals surface area contributed by atoms with Gasteiger partial charge in [-0.15, -0.1) is 11.3 Å². The molecule has 0 bridgehead atoms. The zero-order valence-corrected chi connectivity index (χ0v) is 10.7. The van der Waals surface area contributed by atoms with E-state index in [-0.39, 0.29) is 31.3 Å². The van der Waals surface area contributed by atoms with Crippen LogP contribution in [-0.4, -0.2) is 47.9 Å². The number of hydrogen-bond donors (Lipinski definition) is 2. The molecule has 0 unspecified atom stereocenters. The van der Waals surface area contributed by atoms with Gasteiger partial charge in [0.1, 0.15) is 0 Å². The minimum Gasteiger partial charge on any atom is -0.481 e. The van der Waals surface area contributed by atoms with E-state index in [0.717, 1.165) is 0 Å². The van der Waals surface area contributed by atoms with Crippen molar-refractivity contribution < 1.29 is 19.5 Å². The second kappa shape index (κ2) is 6.75. The largest absolute Gasteiger partial charge is 0.481 e. The van der Waals surface area contributed by atoms with E-state index in [1.54, 1.807) is 17.5 Å². The molecule has 98 valence electrons. The van der Waals surface area contributed by atoms with Crippen LogP contribution in [0.2, 0.25) is 0 Å². The van der Waals surface area contributed by atoms with Gasteiger partial charge < -0.3 is 15.3 Å². The fourth-order valence-electron chi connectivity index (χ4n) is 1.24. The van der Waals surface area contributed by atoms with Crippen molar-refractivity contribution in [2.24, 2.45) is 0 Å². The molecule has 0 aliphatic rings. The number of hydrogen-bond acceptors (Lipinski definition) is 4. The summed E-state index contributed by atoms with van der Waals surface area (Å²) in [4.78, 5) is 35.3. The minimum atomic E-state index is -0.974. The van der Waals surface area contributed by atoms with E-state index in [1.807, 2.05) is 0 Å². The Kier molecular flexibility index (Phi) is 5.31. The highest BCUT2D eigenvalue weighted by molar-refractivity contribution is 7.12. The lowest BCUT2D eigenvalue weighted by molar-refractivity contribution is -0.136. The quantitative estimate of drug-likeness (QED) is 0.784. The molecule has 0 saturated carbocycles. The lowest BCUT2D eigenvalue weighted by atomic mass is 10.4. The van der Waals surface area contributed by atoms with E-state index in [2.05, 4.69) is 5.32 Å². The highest BCUT2D eigenvalue weighted by Gasteiger charge is 2.15. The SMILES string of the molecule is CN(CC(=O)NCCC(=O)O)C(=O)c1cccs1. The molecule has 0 aliphatic heterocycles. The van der Waals surface area contributed by atoms with Crippen molar-refractivity contribution in [3.05, 3.63) is 22.4 Å². The molecule has 0 aliphatic carbocycles. The van der Waals surface area contributed by atoms with Crippen LogP contribution in [0.1, 0.15) is 16.1 Å². The molecule has 1 heterocycles. The van der Waals surface area contributed by atoms with E-state index >= 15 is 0 Å². The summed E-state index contributed by atoms with van der Waals surface area (Å²) in [6, 6.07) is 3.45. The maximum Gasteiger partial charge on any atom is 0.305 e. The first kappa shape index (κ1) is 14.2. The average molecular weight is 270 g/mol. The third-order valence-electron chi connectivity index (χ3n) is 2.12. The van der Waals surface area contributed by atoms with Gasteiger partial charge in [-0.25, -0.2) is 0 Å². The van der Waals surface area contributed by atoms with Gasteiger partial charge in [0.05, 0.1) is 17.8 Å². The molecule has 6 nitrogen and oxygen atoms in total. The van der Waals surface area contributed by atoms with Crippen molar-refractivity contribution in [2.45, 2.75) is 6.42 Å². The van der Waals surface area contributed by atoms with Crippen LogP contribution in [0.4, 0.5) is 0 Å². The van der Waals surface area contributed by atoms with Crippen LogP contribution in [0.5, 0.6) is 0 Å². The number of carboxylic acid groups (broad SMARTS) is 1. The van der Waals surface area contributed by atoms with E-state index in [9.17, 15) is 14.4 Å². The molecule has 1 aromatic heterocycles. The fraction of sp³-hybridized carbons (Fsp3) is 0.364. The lowest BCUT2D eigenvalue weighted by Gasteiger charge is -2.15. The maximum atomic E-state index is 11.8. The van der Waals surface area contributed by atoms with E-state index in [0.29, 0.717) is 4.88 Å². The monoisotopic (exact) mass is 270 g/mol. The van der Waals surface area contributed by atoms with Crippen LogP contribution in [-0.2, 0) is 9.59 Å². The molecule has 0 saturated heterocycles. The third-order valence-corrected chi connectivity index (χ3v) is 2.98. The molecule has 0 radical (unpaired) electrons. The zero-order chi connectivity index (χ0) is 13.5. The molecule has 0 atom stereocenters. The predicted molar refractivity (Wildman–Crippen MR) is 66.5 cm³/mol. The zero-order valence-electron chi connectivity index (χ0n) is 9.88. The number of amides is 2. The Hall–Kier alpha value is -1.89. The number of carboxylic acids is 1. The number of carbonyl (C=O) groups excluding carboxylic acids is 2. The Labute approximate surface area is 108 Å². The van der Waals surface area contributed by atoms with Gasteiger partial charge in [-0.3, -0.25) is 14.4 Å². The number of likely N-dealkylation sites (N-methyl/N-ethyl adjacent to an activating group) is 1. The standard InChI is InChI=1S/C11H14N2O4S/c1-13(11(17)8-3-2-6-18-8)7-9(14)12-5-4-10(15)16/h2-3,6H,4-5,7H2,1H3,(H,12,14)(H,15,16). The molecular formula is C11H14N2O4S. The van der Waals surface area contributed by atoms with Crippen LogP contribution >= 0.6 is 11.3 Å². The number of nitrogens with zero attached hydrogens (tertiary/aromatic N) is 1. The molecule has 0 spiro atoms. The van der Waals surface area contributed by atoms with E-state index in [1.165, 1.54) is 23.3 Å². The summed E-state index contributed by atoms with van der Waals surface area (Å²) in [5.41, 5.74) is 0. The number of aliphatic carboxylic acids is 1. The first-order chi connectivity index (χ1) is 8.50. The van der Waals surface area contributed by atoms with Crippen LogP contribution in [0, 0.1) is 0 Å². The van der Waals surface area contributed by atoms with E-state index < -0.39 is 5.97 Å². The Morgan fingerprint density at radius 1 is 1.44 bits per heavy atom. The van der Waals surface area contributed by atoms with Gasteiger partial charge in [-0.2, -0.15) is 0 Å². The summed E-state index contributed by atoms with van der Waals surface area (Å²) < 4.78 is 0. The predicted octanol–water partition coefficient (Wildman–Crippen LogP) is 0.411. The van der Waals surface area contributed by atoms with Gasteiger partial charge in [0, 0.05) is 13.6 Å². The smallest absolute Gasteiger partial charge is 0.305 e. The Bertz CT molecular complexity index is 430. The summed E-state index contributed by atoms with van der Waals surface area (Å²) in [6.07, 6.45) is -0.131. The summed E-state index contributed by atoms with van der Waals surface area (Å²) in [7, 11) is 1.53. The normalized spacial score (nSPS) is 9.83. The van der Waals surface area contributed by atoms with Crippen molar-refractivity contribution in [2.75, 3.05) is 20.1 Å². The molecule has 1 aromatic rings. The Balaban J connectivity index is 2.35. The Morgan fingerprint density at radius 3 is 2.72 bits per heavy atom. The average Bonchev–Trinajstić information content (AvgIpc) is 2.80. The van der Waals surface area contributed by atoms with Crippen molar-refractivity contribution in [3.63, 3.8) is 0 Å². The number of rotatable bonds is 6. The van der Waals surface area contributed by atoms with E-state index in [4.69, 9.17) is 5.11 Å². The van der Waals surface area contributed by atoms with Crippen LogP contribution in [0.15, 0.2) is 17.5 Å². The molecular weight excluding hydrogens is 256 g/mol. The summed E-state index contributed by atoms with van der Waals surface area (Å²) in [6.45, 7) is -0.0223. The van der Waals surface area contributed by atoms with Gasteiger partial charge in [-0.1, -0.05) is 6.07 Å². The second-order valence-electron chi connectivity index (χ2n) is 3.63. The molecule has 1 rings (SSSR count). The molecule has 0 fully saturated rings. The van der Waals surface area contributed by atoms with Crippen molar-refractivity contribution in [1.29, 1.82) is 0 Å². The van der Waals surface area contributed by atoms with Gasteiger partial charge in [0.25, 0.3) is 5.91 Å². The summed E-state index contributed by atoms with van der Waals surface area (Å²) in [5.74, 6) is -1.57. The first-order valence-corrected chi connectivity index (χ1v) is 6.16. The van der Waals surface area contributed by atoms with Crippen LogP contribution < -0.4 is 5.32 Å². The number of nitrogens with one attached hydrogen (secondary N) is 1. The number of thiophene rings is 1. The first-order valence-electron chi connectivity index (χ1n) is 5.28. The molecule has 18 heavy (non-hydrogen) atoms. The maximum absolute atomic E-state index is 11.8. The summed E-state index contributed by atoms with van der Waals surface area (Å²) >= 11 is 1.31. The topological polar surface area (TPSA) is 86.7 Å². The van der Waals surface area contributed by atoms with Crippen molar-refractivity contribution in [3.8, 4) is 0 Å². The summed E-state index contributed by atoms with van der Waals surface area (Å²) in [5, 5.41) is 12.6. The third kappa shape index (κ3) is 4.54. The molecule has 2 amide bonds. The van der Waals surface area contributed by atoms with Crippen molar-refractivity contribution >= 4 is 29.1 Å².